The van der Waals surface area contributed by atoms with Gasteiger partial charge in [-0.05, 0) is 54.1 Å². The molecular formula is C22H27FN2O4S. The quantitative estimate of drug-likeness (QED) is 0.569. The van der Waals surface area contributed by atoms with Crippen molar-refractivity contribution in [1.82, 2.24) is 9.80 Å². The maximum absolute atomic E-state index is 13.2. The number of halogens is 1. The van der Waals surface area contributed by atoms with Crippen molar-refractivity contribution in [3.63, 3.8) is 0 Å². The van der Waals surface area contributed by atoms with Crippen LogP contribution < -0.4 is 4.74 Å². The van der Waals surface area contributed by atoms with E-state index in [9.17, 15) is 14.0 Å². The van der Waals surface area contributed by atoms with E-state index in [2.05, 4.69) is 0 Å². The van der Waals surface area contributed by atoms with E-state index in [4.69, 9.17) is 9.47 Å². The van der Waals surface area contributed by atoms with Crippen LogP contribution >= 0.6 is 11.3 Å². The zero-order chi connectivity index (χ0) is 21.5. The molecular weight excluding hydrogens is 407 g/mol. The summed E-state index contributed by atoms with van der Waals surface area (Å²) in [5, 5.41) is 2.02. The molecule has 0 fully saturated rings. The summed E-state index contributed by atoms with van der Waals surface area (Å²) in [6.45, 7) is 3.36. The van der Waals surface area contributed by atoms with Crippen molar-refractivity contribution >= 4 is 23.2 Å². The van der Waals surface area contributed by atoms with Crippen LogP contribution in [0.3, 0.4) is 0 Å². The summed E-state index contributed by atoms with van der Waals surface area (Å²) in [5.74, 6) is -0.00945. The number of hydrogen-bond acceptors (Lipinski definition) is 5. The van der Waals surface area contributed by atoms with Crippen molar-refractivity contribution in [2.45, 2.75) is 25.8 Å². The number of carbonyl (C=O) groups is 2. The van der Waals surface area contributed by atoms with E-state index in [1.165, 1.54) is 23.9 Å². The molecule has 1 aliphatic heterocycles. The van der Waals surface area contributed by atoms with E-state index in [1.54, 1.807) is 40.4 Å². The number of carbonyl (C=O) groups excluding carboxylic acids is 2. The first-order valence-electron chi connectivity index (χ1n) is 9.98. The number of benzene rings is 1. The molecule has 30 heavy (non-hydrogen) atoms. The summed E-state index contributed by atoms with van der Waals surface area (Å²) >= 11 is 1.68. The Morgan fingerprint density at radius 1 is 1.27 bits per heavy atom. The minimum absolute atomic E-state index is 0.0333. The molecule has 3 rings (SSSR count). The lowest BCUT2D eigenvalue weighted by molar-refractivity contribution is -0.142. The van der Waals surface area contributed by atoms with E-state index >= 15 is 0 Å². The fraction of sp³-hybridized carbons (Fsp3) is 0.455. The van der Waals surface area contributed by atoms with Crippen LogP contribution in [0.15, 0.2) is 35.7 Å². The molecule has 0 saturated heterocycles. The first-order valence-corrected chi connectivity index (χ1v) is 10.9. The second-order valence-electron chi connectivity index (χ2n) is 7.20. The molecule has 0 radical (unpaired) electrons. The maximum Gasteiger partial charge on any atom is 0.242 e. The number of methoxy groups -OCH3 is 1. The third-order valence-electron chi connectivity index (χ3n) is 5.18. The first-order chi connectivity index (χ1) is 14.5. The second-order valence-corrected chi connectivity index (χ2v) is 8.20. The van der Waals surface area contributed by atoms with E-state index in [0.29, 0.717) is 31.9 Å². The molecule has 1 aliphatic rings. The van der Waals surface area contributed by atoms with Gasteiger partial charge in [0.1, 0.15) is 18.2 Å². The fourth-order valence-corrected chi connectivity index (χ4v) is 4.51. The van der Waals surface area contributed by atoms with Gasteiger partial charge in [-0.2, -0.15) is 0 Å². The van der Waals surface area contributed by atoms with Crippen LogP contribution in [0.1, 0.15) is 29.8 Å². The van der Waals surface area contributed by atoms with Gasteiger partial charge in [-0.3, -0.25) is 9.59 Å². The molecule has 0 N–H and O–H groups in total. The summed E-state index contributed by atoms with van der Waals surface area (Å²) in [5.41, 5.74) is 1.08. The Labute approximate surface area is 180 Å². The van der Waals surface area contributed by atoms with Crippen molar-refractivity contribution in [2.75, 3.05) is 40.0 Å². The number of ether oxygens (including phenoxy) is 2. The number of thiophene rings is 1. The van der Waals surface area contributed by atoms with Gasteiger partial charge in [-0.1, -0.05) is 0 Å². The Morgan fingerprint density at radius 2 is 2.03 bits per heavy atom. The molecule has 0 aliphatic carbocycles. The summed E-state index contributed by atoms with van der Waals surface area (Å²) in [7, 11) is 1.61. The monoisotopic (exact) mass is 434 g/mol. The van der Waals surface area contributed by atoms with E-state index in [1.807, 2.05) is 11.4 Å². The normalized spacial score (nSPS) is 15.6. The van der Waals surface area contributed by atoms with Crippen LogP contribution in [-0.4, -0.2) is 61.6 Å². The highest BCUT2D eigenvalue weighted by atomic mass is 32.1. The van der Waals surface area contributed by atoms with Crippen molar-refractivity contribution in [3.05, 3.63) is 52.0 Å². The predicted molar refractivity (Wildman–Crippen MR) is 113 cm³/mol. The lowest BCUT2D eigenvalue weighted by Crippen LogP contribution is -2.47. The van der Waals surface area contributed by atoms with Crippen LogP contribution in [-0.2, 0) is 20.7 Å². The van der Waals surface area contributed by atoms with Crippen LogP contribution in [0, 0.1) is 5.82 Å². The van der Waals surface area contributed by atoms with Gasteiger partial charge in [-0.15, -0.1) is 11.3 Å². The van der Waals surface area contributed by atoms with E-state index in [0.717, 1.165) is 12.0 Å². The smallest absolute Gasteiger partial charge is 0.242 e. The van der Waals surface area contributed by atoms with Gasteiger partial charge in [0, 0.05) is 38.6 Å². The molecule has 6 nitrogen and oxygen atoms in total. The standard InChI is InChI=1S/C22H27FN2O4S/c1-16(26)24(10-3-12-28-2)14-22(27)25-11-8-21-19(9-13-30-21)20(25)15-29-18-6-4-17(23)5-7-18/h4-7,9,13,20H,3,8,10-12,14-15H2,1-2H3. The van der Waals surface area contributed by atoms with Gasteiger partial charge < -0.3 is 19.3 Å². The minimum atomic E-state index is -0.324. The summed E-state index contributed by atoms with van der Waals surface area (Å²) in [6.07, 6.45) is 1.46. The SMILES string of the molecule is COCCCN(CC(=O)N1CCc2sccc2C1COc1ccc(F)cc1)C(C)=O. The zero-order valence-electron chi connectivity index (χ0n) is 17.3. The van der Waals surface area contributed by atoms with Crippen molar-refractivity contribution in [1.29, 1.82) is 0 Å². The maximum atomic E-state index is 13.2. The highest BCUT2D eigenvalue weighted by Crippen LogP contribution is 2.34. The third kappa shape index (κ3) is 5.58. The van der Waals surface area contributed by atoms with Crippen LogP contribution in [0.5, 0.6) is 5.75 Å². The van der Waals surface area contributed by atoms with Gasteiger partial charge >= 0.3 is 0 Å². The Morgan fingerprint density at radius 3 is 2.73 bits per heavy atom. The highest BCUT2D eigenvalue weighted by molar-refractivity contribution is 7.10. The van der Waals surface area contributed by atoms with Gasteiger partial charge in [0.05, 0.1) is 12.6 Å². The number of hydrogen-bond donors (Lipinski definition) is 0. The topological polar surface area (TPSA) is 59.1 Å². The average molecular weight is 435 g/mol. The average Bonchev–Trinajstić information content (AvgIpc) is 3.21. The Balaban J connectivity index is 1.71. The van der Waals surface area contributed by atoms with Gasteiger partial charge in [0.15, 0.2) is 0 Å². The predicted octanol–water partition coefficient (Wildman–Crippen LogP) is 3.28. The van der Waals surface area contributed by atoms with Crippen molar-refractivity contribution in [2.24, 2.45) is 0 Å². The third-order valence-corrected chi connectivity index (χ3v) is 6.18. The van der Waals surface area contributed by atoms with Gasteiger partial charge in [0.2, 0.25) is 11.8 Å². The molecule has 1 atom stereocenters. The molecule has 0 spiro atoms. The van der Waals surface area contributed by atoms with E-state index in [-0.39, 0.29) is 36.8 Å². The Kier molecular flexibility index (Phi) is 7.81. The van der Waals surface area contributed by atoms with Crippen molar-refractivity contribution < 1.29 is 23.5 Å². The lowest BCUT2D eigenvalue weighted by atomic mass is 10.0. The summed E-state index contributed by atoms with van der Waals surface area (Å²) in [4.78, 5) is 29.7. The highest BCUT2D eigenvalue weighted by Gasteiger charge is 2.33. The molecule has 0 saturated carbocycles. The largest absolute Gasteiger partial charge is 0.491 e. The van der Waals surface area contributed by atoms with Crippen LogP contribution in [0.2, 0.25) is 0 Å². The second kappa shape index (κ2) is 10.5. The number of amides is 2. The zero-order valence-corrected chi connectivity index (χ0v) is 18.1. The Hall–Kier alpha value is -2.45. The van der Waals surface area contributed by atoms with Crippen LogP contribution in [0.4, 0.5) is 4.39 Å². The molecule has 1 aromatic carbocycles. The number of nitrogens with zero attached hydrogens (tertiary/aromatic N) is 2. The Bertz CT molecular complexity index is 855. The molecule has 1 aromatic heterocycles. The van der Waals surface area contributed by atoms with Crippen molar-refractivity contribution in [3.8, 4) is 5.75 Å². The van der Waals surface area contributed by atoms with Gasteiger partial charge in [0.25, 0.3) is 0 Å². The number of rotatable bonds is 9. The fourth-order valence-electron chi connectivity index (χ4n) is 3.58. The lowest BCUT2D eigenvalue weighted by Gasteiger charge is -2.37. The first kappa shape index (κ1) is 22.2. The molecule has 162 valence electrons. The molecule has 0 bridgehead atoms. The van der Waals surface area contributed by atoms with Crippen LogP contribution in [0.25, 0.3) is 0 Å². The molecule has 2 amide bonds. The molecule has 2 aromatic rings. The number of fused-ring (bicyclic) bond motifs is 1. The minimum Gasteiger partial charge on any atom is -0.491 e. The molecule has 8 heteroatoms. The van der Waals surface area contributed by atoms with Gasteiger partial charge in [-0.25, -0.2) is 4.39 Å². The molecule has 1 unspecified atom stereocenters. The summed E-state index contributed by atoms with van der Waals surface area (Å²) < 4.78 is 24.1. The summed E-state index contributed by atoms with van der Waals surface area (Å²) in [6, 6.07) is 7.63. The molecule has 2 heterocycles. The van der Waals surface area contributed by atoms with E-state index < -0.39 is 0 Å².